The summed E-state index contributed by atoms with van der Waals surface area (Å²) >= 11 is 0. The summed E-state index contributed by atoms with van der Waals surface area (Å²) < 4.78 is 17.0. The third-order valence-electron chi connectivity index (χ3n) is 17.3. The fraction of sp³-hybridized carbons (Fsp3) is 0.933. The summed E-state index contributed by atoms with van der Waals surface area (Å²) in [6.07, 6.45) is 85.5. The Morgan fingerprint density at radius 3 is 0.617 bits per heavy atom. The fourth-order valence-electron chi connectivity index (χ4n) is 11.7. The van der Waals surface area contributed by atoms with Crippen LogP contribution in [0.3, 0.4) is 0 Å². The van der Waals surface area contributed by atoms with Crippen LogP contribution in [0.15, 0.2) is 12.2 Å². The molecule has 0 saturated heterocycles. The molecule has 0 bridgehead atoms. The van der Waals surface area contributed by atoms with Gasteiger partial charge in [-0.05, 0) is 44.9 Å². The zero-order valence-electron chi connectivity index (χ0n) is 55.4. The van der Waals surface area contributed by atoms with Crippen molar-refractivity contribution in [2.45, 2.75) is 438 Å². The monoisotopic (exact) mass is 1140 g/mol. The predicted octanol–water partition coefficient (Wildman–Crippen LogP) is 25.6. The molecule has 0 aromatic heterocycles. The van der Waals surface area contributed by atoms with Crippen molar-refractivity contribution in [3.05, 3.63) is 12.2 Å². The Labute approximate surface area is 507 Å². The van der Waals surface area contributed by atoms with Crippen LogP contribution in [0.1, 0.15) is 432 Å². The molecule has 0 saturated carbocycles. The Hall–Kier alpha value is -1.85. The maximum absolute atomic E-state index is 13.0. The molecule has 81 heavy (non-hydrogen) atoms. The molecule has 0 aromatic rings. The van der Waals surface area contributed by atoms with Crippen LogP contribution in [0.4, 0.5) is 0 Å². The zero-order valence-corrected chi connectivity index (χ0v) is 55.4. The smallest absolute Gasteiger partial charge is 0.306 e. The molecule has 480 valence electrons. The molecule has 0 aliphatic rings. The number of allylic oxidation sites excluding steroid dienone is 2. The van der Waals surface area contributed by atoms with Gasteiger partial charge in [0.15, 0.2) is 6.10 Å². The van der Waals surface area contributed by atoms with E-state index in [0.29, 0.717) is 19.3 Å². The van der Waals surface area contributed by atoms with E-state index in [4.69, 9.17) is 14.2 Å². The third-order valence-corrected chi connectivity index (χ3v) is 17.3. The van der Waals surface area contributed by atoms with Gasteiger partial charge in [-0.25, -0.2) is 0 Å². The fourth-order valence-corrected chi connectivity index (χ4v) is 11.7. The van der Waals surface area contributed by atoms with E-state index in [1.165, 1.54) is 334 Å². The summed E-state index contributed by atoms with van der Waals surface area (Å²) in [6.45, 7) is 6.73. The summed E-state index contributed by atoms with van der Waals surface area (Å²) in [7, 11) is 0. The number of carbonyl (C=O) groups is 3. The molecule has 0 spiro atoms. The molecule has 0 aliphatic heterocycles. The Morgan fingerprint density at radius 1 is 0.235 bits per heavy atom. The minimum Gasteiger partial charge on any atom is -0.462 e. The van der Waals surface area contributed by atoms with Crippen LogP contribution in [0, 0.1) is 0 Å². The number of hydrogen-bond donors (Lipinski definition) is 0. The molecule has 0 N–H and O–H groups in total. The number of rotatable bonds is 70. The molecule has 1 atom stereocenters. The molecular formula is C75H144O6. The Kier molecular flexibility index (Phi) is 69.0. The van der Waals surface area contributed by atoms with Gasteiger partial charge in [-0.2, -0.15) is 0 Å². The van der Waals surface area contributed by atoms with Crippen molar-refractivity contribution in [2.24, 2.45) is 0 Å². The van der Waals surface area contributed by atoms with Crippen molar-refractivity contribution in [3.63, 3.8) is 0 Å². The second-order valence-electron chi connectivity index (χ2n) is 25.6. The molecule has 0 amide bonds. The third kappa shape index (κ3) is 68.8. The van der Waals surface area contributed by atoms with Gasteiger partial charge in [0, 0.05) is 19.3 Å². The lowest BCUT2D eigenvalue weighted by atomic mass is 10.0. The summed E-state index contributed by atoms with van der Waals surface area (Å²) in [5, 5.41) is 0. The van der Waals surface area contributed by atoms with E-state index in [1.54, 1.807) is 0 Å². The van der Waals surface area contributed by atoms with Crippen LogP contribution in [0.5, 0.6) is 0 Å². The topological polar surface area (TPSA) is 78.9 Å². The Balaban J connectivity index is 4.11. The second-order valence-corrected chi connectivity index (χ2v) is 25.6. The summed E-state index contributed by atoms with van der Waals surface area (Å²) in [5.74, 6) is -0.825. The molecule has 0 heterocycles. The van der Waals surface area contributed by atoms with Crippen LogP contribution in [0.25, 0.3) is 0 Å². The average Bonchev–Trinajstić information content (AvgIpc) is 3.47. The van der Waals surface area contributed by atoms with Gasteiger partial charge in [0.1, 0.15) is 13.2 Å². The van der Waals surface area contributed by atoms with E-state index in [2.05, 4.69) is 32.9 Å². The lowest BCUT2D eigenvalue weighted by Crippen LogP contribution is -2.30. The normalized spacial score (nSPS) is 12.0. The summed E-state index contributed by atoms with van der Waals surface area (Å²) in [4.78, 5) is 38.4. The Morgan fingerprint density at radius 2 is 0.407 bits per heavy atom. The predicted molar refractivity (Wildman–Crippen MR) is 353 cm³/mol. The average molecular weight is 1140 g/mol. The zero-order chi connectivity index (χ0) is 58.5. The molecule has 0 fully saturated rings. The quantitative estimate of drug-likeness (QED) is 0.0261. The van der Waals surface area contributed by atoms with Crippen molar-refractivity contribution in [2.75, 3.05) is 13.2 Å². The van der Waals surface area contributed by atoms with E-state index in [-0.39, 0.29) is 31.1 Å². The molecule has 0 rings (SSSR count). The second kappa shape index (κ2) is 70.6. The van der Waals surface area contributed by atoms with Crippen molar-refractivity contribution >= 4 is 17.9 Å². The molecular weight excluding hydrogens is 997 g/mol. The molecule has 0 aromatic carbocycles. The van der Waals surface area contributed by atoms with E-state index < -0.39 is 6.10 Å². The highest BCUT2D eigenvalue weighted by Crippen LogP contribution is 2.19. The number of unbranched alkanes of at least 4 members (excludes halogenated alkanes) is 57. The van der Waals surface area contributed by atoms with Crippen molar-refractivity contribution in [1.29, 1.82) is 0 Å². The first-order valence-electron chi connectivity index (χ1n) is 37.2. The number of hydrogen-bond acceptors (Lipinski definition) is 6. The number of esters is 3. The van der Waals surface area contributed by atoms with Crippen molar-refractivity contribution < 1.29 is 28.6 Å². The molecule has 6 heteroatoms. The molecule has 6 nitrogen and oxygen atoms in total. The highest BCUT2D eigenvalue weighted by molar-refractivity contribution is 5.71. The molecule has 0 aliphatic carbocycles. The first-order chi connectivity index (χ1) is 40.0. The van der Waals surface area contributed by atoms with Crippen LogP contribution in [-0.4, -0.2) is 37.2 Å². The largest absolute Gasteiger partial charge is 0.462 e. The number of carbonyl (C=O) groups excluding carboxylic acids is 3. The van der Waals surface area contributed by atoms with E-state index in [1.807, 2.05) is 0 Å². The van der Waals surface area contributed by atoms with E-state index in [9.17, 15) is 14.4 Å². The van der Waals surface area contributed by atoms with Gasteiger partial charge in [-0.3, -0.25) is 14.4 Å². The van der Waals surface area contributed by atoms with Crippen LogP contribution < -0.4 is 0 Å². The van der Waals surface area contributed by atoms with E-state index in [0.717, 1.165) is 57.8 Å². The van der Waals surface area contributed by atoms with E-state index >= 15 is 0 Å². The van der Waals surface area contributed by atoms with Gasteiger partial charge in [0.2, 0.25) is 0 Å². The van der Waals surface area contributed by atoms with Crippen LogP contribution >= 0.6 is 0 Å². The van der Waals surface area contributed by atoms with Crippen LogP contribution in [0.2, 0.25) is 0 Å². The van der Waals surface area contributed by atoms with Crippen LogP contribution in [-0.2, 0) is 28.6 Å². The minimum atomic E-state index is -0.765. The maximum Gasteiger partial charge on any atom is 0.306 e. The SMILES string of the molecule is CCCCCCCCCC/C=C\CCCCCCCCCCCCCCCCCCCC(=O)OCC(COC(=O)CCCCCCCCCCCCC)OC(=O)CCCCCCCCCCCCCCCCCCCCCCCCC. The lowest BCUT2D eigenvalue weighted by molar-refractivity contribution is -0.167. The first-order valence-corrected chi connectivity index (χ1v) is 37.2. The highest BCUT2D eigenvalue weighted by Gasteiger charge is 2.20. The minimum absolute atomic E-state index is 0.0621. The maximum atomic E-state index is 13.0. The summed E-state index contributed by atoms with van der Waals surface area (Å²) in [5.41, 5.74) is 0. The molecule has 0 radical (unpaired) electrons. The lowest BCUT2D eigenvalue weighted by Gasteiger charge is -2.18. The number of ether oxygens (including phenoxy) is 3. The van der Waals surface area contributed by atoms with Gasteiger partial charge >= 0.3 is 17.9 Å². The van der Waals surface area contributed by atoms with Gasteiger partial charge in [-0.15, -0.1) is 0 Å². The first kappa shape index (κ1) is 79.2. The van der Waals surface area contributed by atoms with Crippen molar-refractivity contribution in [1.82, 2.24) is 0 Å². The standard InChI is InChI=1S/C75H144O6/c1-4-7-10-13-16-19-22-24-26-28-30-32-34-35-36-37-38-39-41-42-44-46-48-50-53-56-59-62-65-68-74(77)80-71-72(70-79-73(76)67-64-61-58-55-52-21-18-15-12-9-6-3)81-75(78)69-66-63-60-57-54-51-49-47-45-43-40-33-31-29-27-25-23-20-17-14-11-8-5-2/h28,30,72H,4-27,29,31-71H2,1-3H3/b30-28-. The Bertz CT molecular complexity index is 1260. The van der Waals surface area contributed by atoms with Gasteiger partial charge in [-0.1, -0.05) is 380 Å². The van der Waals surface area contributed by atoms with Gasteiger partial charge in [0.05, 0.1) is 0 Å². The van der Waals surface area contributed by atoms with Gasteiger partial charge < -0.3 is 14.2 Å². The highest BCUT2D eigenvalue weighted by atomic mass is 16.6. The van der Waals surface area contributed by atoms with Gasteiger partial charge in [0.25, 0.3) is 0 Å². The van der Waals surface area contributed by atoms with Crippen molar-refractivity contribution in [3.8, 4) is 0 Å². The summed E-state index contributed by atoms with van der Waals surface area (Å²) in [6, 6.07) is 0. The molecule has 1 unspecified atom stereocenters.